The van der Waals surface area contributed by atoms with Gasteiger partial charge in [-0.25, -0.2) is 0 Å². The molecule has 0 saturated carbocycles. The van der Waals surface area contributed by atoms with E-state index in [-0.39, 0.29) is 6.04 Å². The van der Waals surface area contributed by atoms with E-state index < -0.39 is 0 Å². The number of halogens is 2. The average Bonchev–Trinajstić information content (AvgIpc) is 2.32. The molecule has 3 N–H and O–H groups in total. The number of hydrogen-bond donors (Lipinski definition) is 2. The van der Waals surface area contributed by atoms with E-state index in [9.17, 15) is 0 Å². The Labute approximate surface area is 124 Å². The van der Waals surface area contributed by atoms with E-state index in [1.54, 1.807) is 0 Å². The molecular formula is C13H20Cl2N2S. The van der Waals surface area contributed by atoms with Crippen LogP contribution in [-0.2, 0) is 6.42 Å². The first-order valence-corrected chi connectivity index (χ1v) is 7.91. The van der Waals surface area contributed by atoms with Crippen LogP contribution in [0.1, 0.15) is 19.4 Å². The highest BCUT2D eigenvalue weighted by Crippen LogP contribution is 2.23. The van der Waals surface area contributed by atoms with Gasteiger partial charge in [0.2, 0.25) is 0 Å². The van der Waals surface area contributed by atoms with Crippen LogP contribution in [0, 0.1) is 5.92 Å². The van der Waals surface area contributed by atoms with Crippen molar-refractivity contribution in [2.75, 3.05) is 11.5 Å². The van der Waals surface area contributed by atoms with Gasteiger partial charge >= 0.3 is 0 Å². The molecule has 2 nitrogen and oxygen atoms in total. The summed E-state index contributed by atoms with van der Waals surface area (Å²) >= 11 is 13.8. The van der Waals surface area contributed by atoms with Gasteiger partial charge in [0.1, 0.15) is 0 Å². The van der Waals surface area contributed by atoms with Crippen LogP contribution in [0.15, 0.2) is 18.2 Å². The maximum Gasteiger partial charge on any atom is 0.0595 e. The van der Waals surface area contributed by atoms with Crippen molar-refractivity contribution < 1.29 is 0 Å². The van der Waals surface area contributed by atoms with Crippen LogP contribution in [0.3, 0.4) is 0 Å². The van der Waals surface area contributed by atoms with Crippen molar-refractivity contribution in [2.24, 2.45) is 11.8 Å². The third-order valence-electron chi connectivity index (χ3n) is 2.47. The molecule has 0 fully saturated rings. The van der Waals surface area contributed by atoms with Gasteiger partial charge in [-0.1, -0.05) is 43.1 Å². The number of thioether (sulfide) groups is 1. The Morgan fingerprint density at radius 3 is 2.50 bits per heavy atom. The Morgan fingerprint density at radius 2 is 1.94 bits per heavy atom. The molecule has 0 aliphatic heterocycles. The first kappa shape index (κ1) is 16.1. The lowest BCUT2D eigenvalue weighted by Gasteiger charge is -2.16. The number of rotatable bonds is 7. The van der Waals surface area contributed by atoms with Gasteiger partial charge in [0, 0.05) is 11.8 Å². The topological polar surface area (TPSA) is 38.0 Å². The number of nitrogens with one attached hydrogen (secondary N) is 1. The van der Waals surface area contributed by atoms with Gasteiger partial charge in [-0.2, -0.15) is 11.8 Å². The van der Waals surface area contributed by atoms with Gasteiger partial charge in [0.15, 0.2) is 0 Å². The molecule has 102 valence electrons. The van der Waals surface area contributed by atoms with Gasteiger partial charge in [-0.15, -0.1) is 0 Å². The third kappa shape index (κ3) is 5.81. The fourth-order valence-corrected chi connectivity index (χ4v) is 2.99. The first-order valence-electron chi connectivity index (χ1n) is 6.00. The summed E-state index contributed by atoms with van der Waals surface area (Å²) in [6, 6.07) is 5.98. The number of benzene rings is 1. The smallest absolute Gasteiger partial charge is 0.0595 e. The normalized spacial score (nSPS) is 13.0. The molecule has 1 rings (SSSR count). The van der Waals surface area contributed by atoms with Crippen molar-refractivity contribution in [3.8, 4) is 0 Å². The molecule has 1 unspecified atom stereocenters. The van der Waals surface area contributed by atoms with E-state index in [1.165, 1.54) is 0 Å². The van der Waals surface area contributed by atoms with Crippen molar-refractivity contribution >= 4 is 35.0 Å². The summed E-state index contributed by atoms with van der Waals surface area (Å²) in [4.78, 5) is 0. The van der Waals surface area contributed by atoms with Gasteiger partial charge in [-0.3, -0.25) is 11.3 Å². The second-order valence-corrected chi connectivity index (χ2v) is 6.64. The highest BCUT2D eigenvalue weighted by molar-refractivity contribution is 7.99. The summed E-state index contributed by atoms with van der Waals surface area (Å²) in [7, 11) is 0. The first-order chi connectivity index (χ1) is 8.52. The van der Waals surface area contributed by atoms with E-state index >= 15 is 0 Å². The van der Waals surface area contributed by atoms with Gasteiger partial charge < -0.3 is 0 Å². The van der Waals surface area contributed by atoms with E-state index in [2.05, 4.69) is 19.3 Å². The van der Waals surface area contributed by atoms with Gasteiger partial charge in [0.05, 0.1) is 10.0 Å². The molecular weight excluding hydrogens is 287 g/mol. The van der Waals surface area contributed by atoms with Crippen LogP contribution < -0.4 is 11.3 Å². The number of hydrogen-bond acceptors (Lipinski definition) is 3. The summed E-state index contributed by atoms with van der Waals surface area (Å²) in [5, 5.41) is 1.19. The lowest BCUT2D eigenvalue weighted by molar-refractivity contribution is 0.575. The second-order valence-electron chi connectivity index (χ2n) is 4.75. The second kappa shape index (κ2) is 8.28. The van der Waals surface area contributed by atoms with Crippen molar-refractivity contribution in [3.05, 3.63) is 33.8 Å². The van der Waals surface area contributed by atoms with Crippen LogP contribution >= 0.6 is 35.0 Å². The summed E-state index contributed by atoms with van der Waals surface area (Å²) in [6.45, 7) is 4.44. The molecule has 0 radical (unpaired) electrons. The molecule has 1 aromatic carbocycles. The molecule has 1 atom stereocenters. The Hall–Kier alpha value is 0.0700. The highest BCUT2D eigenvalue weighted by Gasteiger charge is 2.09. The zero-order valence-electron chi connectivity index (χ0n) is 10.7. The standard InChI is InChI=1S/C13H20Cl2N2S/c1-9(2)7-18-8-11(17-16)5-10-3-4-12(14)13(15)6-10/h3-4,6,9,11,17H,5,7-8,16H2,1-2H3. The molecule has 0 heterocycles. The summed E-state index contributed by atoms with van der Waals surface area (Å²) in [6.07, 6.45) is 0.860. The molecule has 5 heteroatoms. The third-order valence-corrected chi connectivity index (χ3v) is 4.75. The van der Waals surface area contributed by atoms with E-state index in [0.717, 1.165) is 23.5 Å². The lowest BCUT2D eigenvalue weighted by atomic mass is 10.1. The number of hydrazine groups is 1. The predicted octanol–water partition coefficient (Wildman–Crippen LogP) is 3.76. The van der Waals surface area contributed by atoms with Gasteiger partial charge in [-0.05, 0) is 35.8 Å². The Morgan fingerprint density at radius 1 is 1.22 bits per heavy atom. The molecule has 0 amide bonds. The van der Waals surface area contributed by atoms with Crippen LogP contribution in [0.2, 0.25) is 10.0 Å². The molecule has 0 aliphatic rings. The Bertz CT molecular complexity index is 372. The SMILES string of the molecule is CC(C)CSCC(Cc1ccc(Cl)c(Cl)c1)NN. The minimum Gasteiger partial charge on any atom is -0.271 e. The average molecular weight is 307 g/mol. The molecule has 0 aliphatic carbocycles. The molecule has 1 aromatic rings. The van der Waals surface area contributed by atoms with E-state index in [4.69, 9.17) is 29.0 Å². The Balaban J connectivity index is 2.49. The van der Waals surface area contributed by atoms with Crippen LogP contribution in [0.25, 0.3) is 0 Å². The predicted molar refractivity (Wildman–Crippen MR) is 83.4 cm³/mol. The van der Waals surface area contributed by atoms with Crippen LogP contribution in [0.5, 0.6) is 0 Å². The van der Waals surface area contributed by atoms with Crippen LogP contribution in [0.4, 0.5) is 0 Å². The summed E-state index contributed by atoms with van der Waals surface area (Å²) < 4.78 is 0. The molecule has 0 bridgehead atoms. The fraction of sp³-hybridized carbons (Fsp3) is 0.538. The van der Waals surface area contributed by atoms with Crippen molar-refractivity contribution in [2.45, 2.75) is 26.3 Å². The monoisotopic (exact) mass is 306 g/mol. The summed E-state index contributed by atoms with van der Waals surface area (Å²) in [5.41, 5.74) is 4.01. The summed E-state index contributed by atoms with van der Waals surface area (Å²) in [5.74, 6) is 8.44. The molecule has 0 saturated heterocycles. The van der Waals surface area contributed by atoms with E-state index in [1.807, 2.05) is 30.0 Å². The molecule has 18 heavy (non-hydrogen) atoms. The van der Waals surface area contributed by atoms with Crippen LogP contribution in [-0.4, -0.2) is 17.5 Å². The zero-order chi connectivity index (χ0) is 13.5. The molecule has 0 spiro atoms. The number of nitrogens with two attached hydrogens (primary N) is 1. The minimum atomic E-state index is 0.256. The zero-order valence-corrected chi connectivity index (χ0v) is 13.1. The minimum absolute atomic E-state index is 0.256. The van der Waals surface area contributed by atoms with Crippen molar-refractivity contribution in [1.82, 2.24) is 5.43 Å². The Kier molecular flexibility index (Phi) is 7.42. The quantitative estimate of drug-likeness (QED) is 0.595. The maximum atomic E-state index is 6.00. The van der Waals surface area contributed by atoms with Crippen molar-refractivity contribution in [3.63, 3.8) is 0 Å². The largest absolute Gasteiger partial charge is 0.271 e. The molecule has 0 aromatic heterocycles. The fourth-order valence-electron chi connectivity index (χ4n) is 1.56. The van der Waals surface area contributed by atoms with Gasteiger partial charge in [0.25, 0.3) is 0 Å². The lowest BCUT2D eigenvalue weighted by Crippen LogP contribution is -2.38. The van der Waals surface area contributed by atoms with E-state index in [0.29, 0.717) is 16.0 Å². The highest BCUT2D eigenvalue weighted by atomic mass is 35.5. The van der Waals surface area contributed by atoms with Crippen molar-refractivity contribution in [1.29, 1.82) is 0 Å². The maximum absolute atomic E-state index is 6.00.